The molecule has 1 aliphatic rings. The average Bonchev–Trinajstić information content (AvgIpc) is 3.14. The first-order valence-electron chi connectivity index (χ1n) is 8.29. The highest BCUT2D eigenvalue weighted by molar-refractivity contribution is 7.09. The van der Waals surface area contributed by atoms with Crippen LogP contribution in [0.4, 0.5) is 0 Å². The fourth-order valence-corrected chi connectivity index (χ4v) is 3.75. The van der Waals surface area contributed by atoms with Gasteiger partial charge in [-0.15, -0.1) is 11.3 Å². The summed E-state index contributed by atoms with van der Waals surface area (Å²) >= 11 is 1.70. The maximum Gasteiger partial charge on any atom is 0.227 e. The van der Waals surface area contributed by atoms with Crippen molar-refractivity contribution < 1.29 is 14.3 Å². The molecule has 0 atom stereocenters. The SMILES string of the molecule is COc1cccc(CC(=O)N(Cc2cccs2)C2CCOCC2)c1. The zero-order chi connectivity index (χ0) is 16.8. The van der Waals surface area contributed by atoms with Gasteiger partial charge in [0.25, 0.3) is 0 Å². The predicted octanol–water partition coefficient (Wildman–Crippen LogP) is 3.51. The Kier molecular flexibility index (Phi) is 5.88. The van der Waals surface area contributed by atoms with Crippen LogP contribution in [0.15, 0.2) is 41.8 Å². The van der Waals surface area contributed by atoms with Crippen molar-refractivity contribution in [3.05, 3.63) is 52.2 Å². The van der Waals surface area contributed by atoms with E-state index in [1.54, 1.807) is 18.4 Å². The van der Waals surface area contributed by atoms with Crippen molar-refractivity contribution in [2.45, 2.75) is 31.8 Å². The van der Waals surface area contributed by atoms with Crippen molar-refractivity contribution in [1.29, 1.82) is 0 Å². The van der Waals surface area contributed by atoms with E-state index in [4.69, 9.17) is 9.47 Å². The molecular weight excluding hydrogens is 322 g/mol. The second-order valence-corrected chi connectivity index (χ2v) is 7.01. The Morgan fingerprint density at radius 1 is 1.29 bits per heavy atom. The highest BCUT2D eigenvalue weighted by Gasteiger charge is 2.26. The Morgan fingerprint density at radius 2 is 2.12 bits per heavy atom. The van der Waals surface area contributed by atoms with Crippen LogP contribution in [0.1, 0.15) is 23.3 Å². The molecule has 0 saturated carbocycles. The summed E-state index contributed by atoms with van der Waals surface area (Å²) in [7, 11) is 1.64. The quantitative estimate of drug-likeness (QED) is 0.804. The molecule has 0 bridgehead atoms. The third-order valence-corrected chi connectivity index (χ3v) is 5.21. The number of thiophene rings is 1. The topological polar surface area (TPSA) is 38.8 Å². The second kappa shape index (κ2) is 8.31. The summed E-state index contributed by atoms with van der Waals surface area (Å²) in [4.78, 5) is 16.2. The van der Waals surface area contributed by atoms with E-state index in [0.717, 1.165) is 37.4 Å². The third kappa shape index (κ3) is 4.36. The molecule has 1 amide bonds. The largest absolute Gasteiger partial charge is 0.497 e. The normalized spacial score (nSPS) is 15.2. The average molecular weight is 345 g/mol. The molecule has 3 rings (SSSR count). The predicted molar refractivity (Wildman–Crippen MR) is 95.4 cm³/mol. The van der Waals surface area contributed by atoms with Gasteiger partial charge < -0.3 is 14.4 Å². The summed E-state index contributed by atoms with van der Waals surface area (Å²) in [5, 5.41) is 2.06. The van der Waals surface area contributed by atoms with Crippen LogP contribution in [0.25, 0.3) is 0 Å². The molecule has 5 heteroatoms. The van der Waals surface area contributed by atoms with Crippen molar-refractivity contribution in [3.8, 4) is 5.75 Å². The first-order valence-corrected chi connectivity index (χ1v) is 9.17. The van der Waals surface area contributed by atoms with Gasteiger partial charge in [-0.2, -0.15) is 0 Å². The molecule has 128 valence electrons. The fourth-order valence-electron chi connectivity index (χ4n) is 3.05. The standard InChI is InChI=1S/C19H23NO3S/c1-22-17-5-2-4-15(12-17)13-19(21)20(14-18-6-3-11-24-18)16-7-9-23-10-8-16/h2-6,11-12,16H,7-10,13-14H2,1H3. The van der Waals surface area contributed by atoms with Crippen LogP contribution in [0.3, 0.4) is 0 Å². The van der Waals surface area contributed by atoms with Crippen molar-refractivity contribution >= 4 is 17.2 Å². The minimum Gasteiger partial charge on any atom is -0.497 e. The molecule has 1 saturated heterocycles. The zero-order valence-corrected chi connectivity index (χ0v) is 14.8. The number of ether oxygens (including phenoxy) is 2. The summed E-state index contributed by atoms with van der Waals surface area (Å²) in [6.07, 6.45) is 2.23. The fraction of sp³-hybridized carbons (Fsp3) is 0.421. The van der Waals surface area contributed by atoms with Crippen LogP contribution >= 0.6 is 11.3 Å². The second-order valence-electron chi connectivity index (χ2n) is 5.97. The van der Waals surface area contributed by atoms with E-state index in [1.807, 2.05) is 35.2 Å². The van der Waals surface area contributed by atoms with E-state index in [9.17, 15) is 4.79 Å². The number of rotatable bonds is 6. The van der Waals surface area contributed by atoms with Gasteiger partial charge >= 0.3 is 0 Å². The first-order chi connectivity index (χ1) is 11.8. The molecule has 0 aliphatic carbocycles. The van der Waals surface area contributed by atoms with Gasteiger partial charge in [0.2, 0.25) is 5.91 Å². The van der Waals surface area contributed by atoms with Crippen molar-refractivity contribution in [2.75, 3.05) is 20.3 Å². The molecule has 0 spiro atoms. The minimum absolute atomic E-state index is 0.170. The number of carbonyl (C=O) groups is 1. The van der Waals surface area contributed by atoms with Crippen LogP contribution < -0.4 is 4.74 Å². The van der Waals surface area contributed by atoms with E-state index in [0.29, 0.717) is 13.0 Å². The van der Waals surface area contributed by atoms with E-state index in [1.165, 1.54) is 4.88 Å². The smallest absolute Gasteiger partial charge is 0.227 e. The first kappa shape index (κ1) is 17.0. The molecule has 1 aliphatic heterocycles. The van der Waals surface area contributed by atoms with Gasteiger partial charge in [-0.1, -0.05) is 18.2 Å². The summed E-state index contributed by atoms with van der Waals surface area (Å²) in [5.41, 5.74) is 0.989. The van der Waals surface area contributed by atoms with Crippen LogP contribution in [0.2, 0.25) is 0 Å². The summed E-state index contributed by atoms with van der Waals surface area (Å²) in [6, 6.07) is 12.1. The Bertz CT molecular complexity index is 650. The Hall–Kier alpha value is -1.85. The van der Waals surface area contributed by atoms with Gasteiger partial charge in [0.1, 0.15) is 5.75 Å². The number of hydrogen-bond acceptors (Lipinski definition) is 4. The molecule has 2 heterocycles. The number of hydrogen-bond donors (Lipinski definition) is 0. The highest BCUT2D eigenvalue weighted by Crippen LogP contribution is 2.22. The van der Waals surface area contributed by atoms with E-state index in [2.05, 4.69) is 11.4 Å². The number of amides is 1. The maximum absolute atomic E-state index is 13.0. The molecule has 0 unspecified atom stereocenters. The molecule has 2 aromatic rings. The highest BCUT2D eigenvalue weighted by atomic mass is 32.1. The molecular formula is C19H23NO3S. The van der Waals surface area contributed by atoms with Crippen molar-refractivity contribution in [3.63, 3.8) is 0 Å². The number of nitrogens with zero attached hydrogens (tertiary/aromatic N) is 1. The van der Waals surface area contributed by atoms with Crippen LogP contribution in [-0.4, -0.2) is 37.2 Å². The summed E-state index contributed by atoms with van der Waals surface area (Å²) in [5.74, 6) is 0.958. The Labute approximate surface area is 147 Å². The molecule has 0 N–H and O–H groups in total. The summed E-state index contributed by atoms with van der Waals surface area (Å²) in [6.45, 7) is 2.15. The lowest BCUT2D eigenvalue weighted by Gasteiger charge is -2.34. The number of carbonyl (C=O) groups excluding carboxylic acids is 1. The molecule has 4 nitrogen and oxygen atoms in total. The maximum atomic E-state index is 13.0. The van der Waals surface area contributed by atoms with Crippen LogP contribution in [0, 0.1) is 0 Å². The van der Waals surface area contributed by atoms with Gasteiger partial charge in [0.15, 0.2) is 0 Å². The minimum atomic E-state index is 0.170. The van der Waals surface area contributed by atoms with Gasteiger partial charge in [-0.3, -0.25) is 4.79 Å². The molecule has 0 radical (unpaired) electrons. The molecule has 1 aromatic carbocycles. The third-order valence-electron chi connectivity index (χ3n) is 4.35. The van der Waals surface area contributed by atoms with Crippen LogP contribution in [0.5, 0.6) is 5.75 Å². The lowest BCUT2D eigenvalue weighted by molar-refractivity contribution is -0.135. The number of benzene rings is 1. The van der Waals surface area contributed by atoms with Gasteiger partial charge in [0.05, 0.1) is 20.1 Å². The number of methoxy groups -OCH3 is 1. The van der Waals surface area contributed by atoms with Gasteiger partial charge in [0, 0.05) is 24.1 Å². The Morgan fingerprint density at radius 3 is 2.83 bits per heavy atom. The lowest BCUT2D eigenvalue weighted by Crippen LogP contribution is -2.43. The van der Waals surface area contributed by atoms with Crippen molar-refractivity contribution in [2.24, 2.45) is 0 Å². The molecule has 1 aromatic heterocycles. The van der Waals surface area contributed by atoms with Gasteiger partial charge in [-0.05, 0) is 42.0 Å². The Balaban J connectivity index is 1.74. The molecule has 1 fully saturated rings. The van der Waals surface area contributed by atoms with Gasteiger partial charge in [-0.25, -0.2) is 0 Å². The monoisotopic (exact) mass is 345 g/mol. The van der Waals surface area contributed by atoms with E-state index >= 15 is 0 Å². The summed E-state index contributed by atoms with van der Waals surface area (Å²) < 4.78 is 10.7. The van der Waals surface area contributed by atoms with Crippen molar-refractivity contribution in [1.82, 2.24) is 4.90 Å². The van der Waals surface area contributed by atoms with Crippen LogP contribution in [-0.2, 0) is 22.5 Å². The van der Waals surface area contributed by atoms with E-state index in [-0.39, 0.29) is 11.9 Å². The van der Waals surface area contributed by atoms with E-state index < -0.39 is 0 Å². The molecule has 24 heavy (non-hydrogen) atoms. The zero-order valence-electron chi connectivity index (χ0n) is 13.9. The lowest BCUT2D eigenvalue weighted by atomic mass is 10.0.